The van der Waals surface area contributed by atoms with E-state index in [1.165, 1.54) is 0 Å². The molecule has 0 aliphatic carbocycles. The van der Waals surface area contributed by atoms with Gasteiger partial charge in [0.1, 0.15) is 18.0 Å². The first-order valence-electron chi connectivity index (χ1n) is 8.11. The van der Waals surface area contributed by atoms with Gasteiger partial charge in [0, 0.05) is 19.7 Å². The molecule has 1 aromatic carbocycles. The Hall–Kier alpha value is -1.50. The second-order valence-electron chi connectivity index (χ2n) is 6.43. The molecule has 0 aromatic heterocycles. The summed E-state index contributed by atoms with van der Waals surface area (Å²) in [6, 6.07) is 7.84. The van der Waals surface area contributed by atoms with Crippen molar-refractivity contribution in [2.24, 2.45) is 0 Å². The Labute approximate surface area is 138 Å². The lowest BCUT2D eigenvalue weighted by atomic mass is 9.79. The van der Waals surface area contributed by atoms with Gasteiger partial charge < -0.3 is 18.8 Å². The van der Waals surface area contributed by atoms with Crippen LogP contribution in [0.25, 0.3) is 0 Å². The van der Waals surface area contributed by atoms with Gasteiger partial charge >= 0.3 is 7.12 Å². The summed E-state index contributed by atoms with van der Waals surface area (Å²) in [6.07, 6.45) is 1.09. The Morgan fingerprint density at radius 3 is 2.70 bits per heavy atom. The number of rotatable bonds is 5. The monoisotopic (exact) mass is 317 g/mol. The number of ether oxygens (including phenoxy) is 2. The minimum Gasteiger partial charge on any atom is -0.534 e. The molecule has 124 valence electrons. The van der Waals surface area contributed by atoms with Gasteiger partial charge in [-0.3, -0.25) is 4.90 Å². The first-order chi connectivity index (χ1) is 11.0. The van der Waals surface area contributed by atoms with E-state index in [9.17, 15) is 0 Å². The van der Waals surface area contributed by atoms with Crippen LogP contribution < -0.4 is 10.2 Å². The van der Waals surface area contributed by atoms with Crippen LogP contribution in [0.2, 0.25) is 0 Å². The molecule has 0 atom stereocenters. The zero-order chi connectivity index (χ0) is 16.3. The quantitative estimate of drug-likeness (QED) is 0.774. The Kier molecular flexibility index (Phi) is 4.94. The van der Waals surface area contributed by atoms with Gasteiger partial charge in [0.25, 0.3) is 0 Å². The predicted octanol–water partition coefficient (Wildman–Crippen LogP) is 1.78. The van der Waals surface area contributed by atoms with Gasteiger partial charge in [-0.1, -0.05) is 18.7 Å². The van der Waals surface area contributed by atoms with Crippen LogP contribution in [0.3, 0.4) is 0 Å². The van der Waals surface area contributed by atoms with E-state index in [0.717, 1.165) is 37.3 Å². The number of hydrogen-bond donors (Lipinski definition) is 0. The fraction of sp³-hybridized carbons (Fsp3) is 0.529. The van der Waals surface area contributed by atoms with Crippen molar-refractivity contribution in [2.75, 3.05) is 33.0 Å². The Morgan fingerprint density at radius 1 is 1.30 bits per heavy atom. The van der Waals surface area contributed by atoms with E-state index in [0.29, 0.717) is 19.1 Å². The molecule has 0 amide bonds. The van der Waals surface area contributed by atoms with Crippen molar-refractivity contribution in [1.82, 2.24) is 4.90 Å². The van der Waals surface area contributed by atoms with Crippen molar-refractivity contribution in [3.05, 3.63) is 36.6 Å². The summed E-state index contributed by atoms with van der Waals surface area (Å²) in [6.45, 7) is 12.0. The molecule has 0 unspecified atom stereocenters. The summed E-state index contributed by atoms with van der Waals surface area (Å²) >= 11 is 0. The Balaban J connectivity index is 1.48. The second kappa shape index (κ2) is 6.95. The summed E-state index contributed by atoms with van der Waals surface area (Å²) in [5, 5.41) is 0. The number of nitrogens with zero attached hydrogens (tertiary/aromatic N) is 1. The summed E-state index contributed by atoms with van der Waals surface area (Å²) in [4.78, 5) is 2.26. The second-order valence-corrected chi connectivity index (χ2v) is 6.43. The molecular formula is C17H24BNO4. The maximum atomic E-state index is 5.86. The van der Waals surface area contributed by atoms with Crippen LogP contribution in [0, 0.1) is 0 Å². The molecule has 2 saturated heterocycles. The van der Waals surface area contributed by atoms with Crippen molar-refractivity contribution in [2.45, 2.75) is 25.9 Å². The molecule has 5 nitrogen and oxygen atoms in total. The van der Waals surface area contributed by atoms with Gasteiger partial charge in [0.05, 0.1) is 12.5 Å². The van der Waals surface area contributed by atoms with Crippen molar-refractivity contribution < 1.29 is 18.8 Å². The van der Waals surface area contributed by atoms with Gasteiger partial charge in [0.2, 0.25) is 0 Å². The standard InChI is InChI=1S/C17H24BNO4/c1-14-17(2,3)23-18(22-14)15-5-7-16(8-6-15)21-12-10-19-9-4-11-20-13-19/h5-8H,1,4,9-13H2,2-3H3. The molecule has 2 fully saturated rings. The molecule has 2 aliphatic heterocycles. The molecule has 0 radical (unpaired) electrons. The molecule has 1 aromatic rings. The van der Waals surface area contributed by atoms with Gasteiger partial charge in [0.15, 0.2) is 0 Å². The van der Waals surface area contributed by atoms with Crippen LogP contribution in [0.5, 0.6) is 5.75 Å². The predicted molar refractivity (Wildman–Crippen MR) is 89.7 cm³/mol. The van der Waals surface area contributed by atoms with Gasteiger partial charge in [-0.05, 0) is 37.9 Å². The minimum atomic E-state index is -0.448. The molecule has 6 heteroatoms. The molecule has 2 aliphatic rings. The van der Waals surface area contributed by atoms with Crippen LogP contribution in [0.4, 0.5) is 0 Å². The summed E-state index contributed by atoms with van der Waals surface area (Å²) in [5.41, 5.74) is 0.518. The lowest BCUT2D eigenvalue weighted by Crippen LogP contribution is -2.36. The molecule has 0 spiro atoms. The Morgan fingerprint density at radius 2 is 2.09 bits per heavy atom. The molecule has 23 heavy (non-hydrogen) atoms. The first kappa shape index (κ1) is 16.4. The van der Waals surface area contributed by atoms with E-state index in [-0.39, 0.29) is 0 Å². The normalized spacial score (nSPS) is 21.3. The number of benzene rings is 1. The average molecular weight is 317 g/mol. The Bertz CT molecular complexity index is 540. The molecule has 0 saturated carbocycles. The zero-order valence-corrected chi connectivity index (χ0v) is 13.9. The van der Waals surface area contributed by atoms with Crippen molar-refractivity contribution in [3.63, 3.8) is 0 Å². The molecule has 0 N–H and O–H groups in total. The largest absolute Gasteiger partial charge is 0.563 e. The highest BCUT2D eigenvalue weighted by Crippen LogP contribution is 2.29. The van der Waals surface area contributed by atoms with Crippen LogP contribution in [-0.4, -0.2) is 50.7 Å². The molecular weight excluding hydrogens is 293 g/mol. The topological polar surface area (TPSA) is 40.2 Å². The van der Waals surface area contributed by atoms with Crippen LogP contribution in [0.1, 0.15) is 20.3 Å². The summed E-state index contributed by atoms with van der Waals surface area (Å²) in [5.74, 6) is 1.51. The summed E-state index contributed by atoms with van der Waals surface area (Å²) < 4.78 is 22.8. The van der Waals surface area contributed by atoms with E-state index in [1.54, 1.807) is 0 Å². The fourth-order valence-electron chi connectivity index (χ4n) is 2.60. The van der Waals surface area contributed by atoms with Crippen molar-refractivity contribution >= 4 is 12.6 Å². The highest BCUT2D eigenvalue weighted by Gasteiger charge is 2.42. The molecule has 3 rings (SSSR count). The third kappa shape index (κ3) is 4.08. The van der Waals surface area contributed by atoms with Gasteiger partial charge in [-0.2, -0.15) is 0 Å². The molecule has 0 bridgehead atoms. The lowest BCUT2D eigenvalue weighted by Gasteiger charge is -2.26. The first-order valence-corrected chi connectivity index (χ1v) is 8.11. The third-order valence-corrected chi connectivity index (χ3v) is 4.19. The SMILES string of the molecule is C=C1OB(c2ccc(OCCN3CCCOC3)cc2)OC1(C)C. The van der Waals surface area contributed by atoms with Crippen LogP contribution in [-0.2, 0) is 14.0 Å². The van der Waals surface area contributed by atoms with E-state index in [1.807, 2.05) is 38.1 Å². The van der Waals surface area contributed by atoms with Crippen molar-refractivity contribution in [1.29, 1.82) is 0 Å². The fourth-order valence-corrected chi connectivity index (χ4v) is 2.60. The third-order valence-electron chi connectivity index (χ3n) is 4.19. The average Bonchev–Trinajstić information content (AvgIpc) is 2.82. The zero-order valence-electron chi connectivity index (χ0n) is 13.9. The maximum Gasteiger partial charge on any atom is 0.563 e. The molecule has 2 heterocycles. The van der Waals surface area contributed by atoms with Gasteiger partial charge in [-0.25, -0.2) is 0 Å². The highest BCUT2D eigenvalue weighted by molar-refractivity contribution is 6.62. The maximum absolute atomic E-state index is 5.86. The number of hydrogen-bond acceptors (Lipinski definition) is 5. The van der Waals surface area contributed by atoms with E-state index in [4.69, 9.17) is 18.8 Å². The van der Waals surface area contributed by atoms with Crippen LogP contribution >= 0.6 is 0 Å². The van der Waals surface area contributed by atoms with Crippen LogP contribution in [0.15, 0.2) is 36.6 Å². The summed E-state index contributed by atoms with van der Waals surface area (Å²) in [7, 11) is -0.392. The lowest BCUT2D eigenvalue weighted by molar-refractivity contribution is -0.0181. The van der Waals surface area contributed by atoms with E-state index in [2.05, 4.69) is 11.5 Å². The highest BCUT2D eigenvalue weighted by atomic mass is 16.7. The van der Waals surface area contributed by atoms with Crippen molar-refractivity contribution in [3.8, 4) is 5.75 Å². The van der Waals surface area contributed by atoms with E-state index >= 15 is 0 Å². The smallest absolute Gasteiger partial charge is 0.534 e. The van der Waals surface area contributed by atoms with Gasteiger partial charge in [-0.15, -0.1) is 0 Å². The van der Waals surface area contributed by atoms with E-state index < -0.39 is 12.7 Å². The minimum absolute atomic E-state index is 0.392.